The third kappa shape index (κ3) is 4.09. The van der Waals surface area contributed by atoms with E-state index in [2.05, 4.69) is 10.2 Å². The summed E-state index contributed by atoms with van der Waals surface area (Å²) >= 11 is 0. The number of anilines is 1. The summed E-state index contributed by atoms with van der Waals surface area (Å²) in [6, 6.07) is 10.8. The molecule has 3 aliphatic heterocycles. The fraction of sp³-hybridized carbons (Fsp3) is 0.393. The first-order valence-corrected chi connectivity index (χ1v) is 12.8. The van der Waals surface area contributed by atoms with Gasteiger partial charge in [-0.1, -0.05) is 0 Å². The monoisotopic (exact) mass is 517 g/mol. The second-order valence-electron chi connectivity index (χ2n) is 10.8. The van der Waals surface area contributed by atoms with Crippen molar-refractivity contribution in [2.75, 3.05) is 24.6 Å². The number of nitrogens with one attached hydrogen (secondary N) is 1. The van der Waals surface area contributed by atoms with E-state index in [0.29, 0.717) is 29.3 Å². The molecule has 3 heterocycles. The molecule has 2 N–H and O–H groups in total. The molecule has 1 atom stereocenters. The molecular formula is C28H27N3O7. The Labute approximate surface area is 218 Å². The Morgan fingerprint density at radius 2 is 1.71 bits per heavy atom. The van der Waals surface area contributed by atoms with Gasteiger partial charge < -0.3 is 14.7 Å². The Balaban J connectivity index is 0.982. The number of piperidine rings is 1. The molecule has 2 aromatic carbocycles. The van der Waals surface area contributed by atoms with Crippen molar-refractivity contribution in [3.05, 3.63) is 59.2 Å². The number of aromatic carboxylic acids is 1. The van der Waals surface area contributed by atoms with E-state index in [0.717, 1.165) is 42.9 Å². The summed E-state index contributed by atoms with van der Waals surface area (Å²) in [4.78, 5) is 63.7. The van der Waals surface area contributed by atoms with Crippen molar-refractivity contribution in [2.24, 2.45) is 11.3 Å². The highest BCUT2D eigenvalue weighted by molar-refractivity contribution is 6.23. The van der Waals surface area contributed by atoms with E-state index in [4.69, 9.17) is 9.84 Å². The Kier molecular flexibility index (Phi) is 5.70. The van der Waals surface area contributed by atoms with Gasteiger partial charge in [-0.15, -0.1) is 0 Å². The molecule has 3 fully saturated rings. The average Bonchev–Trinajstić information content (AvgIpc) is 3.09. The normalized spacial score (nSPS) is 22.2. The van der Waals surface area contributed by atoms with Gasteiger partial charge in [-0.3, -0.25) is 29.4 Å². The number of rotatable bonds is 7. The third-order valence-electron chi connectivity index (χ3n) is 8.18. The molecule has 1 spiro atoms. The Morgan fingerprint density at radius 1 is 1.00 bits per heavy atom. The van der Waals surface area contributed by atoms with Crippen LogP contribution in [0.3, 0.4) is 0 Å². The number of carbonyl (C=O) groups excluding carboxylic acids is 4. The summed E-state index contributed by atoms with van der Waals surface area (Å²) in [5.74, 6) is -1.96. The van der Waals surface area contributed by atoms with Crippen molar-refractivity contribution in [3.8, 4) is 5.75 Å². The van der Waals surface area contributed by atoms with Gasteiger partial charge in [-0.05, 0) is 74.1 Å². The molecule has 38 heavy (non-hydrogen) atoms. The van der Waals surface area contributed by atoms with E-state index in [-0.39, 0.29) is 24.0 Å². The van der Waals surface area contributed by atoms with Crippen LogP contribution >= 0.6 is 0 Å². The minimum atomic E-state index is -0.984. The van der Waals surface area contributed by atoms with Crippen molar-refractivity contribution < 1.29 is 33.8 Å². The van der Waals surface area contributed by atoms with Crippen LogP contribution in [0.5, 0.6) is 5.75 Å². The summed E-state index contributed by atoms with van der Waals surface area (Å²) < 4.78 is 5.91. The van der Waals surface area contributed by atoms with E-state index in [1.165, 1.54) is 0 Å². The molecule has 2 saturated heterocycles. The van der Waals surface area contributed by atoms with E-state index < -0.39 is 35.6 Å². The highest BCUT2D eigenvalue weighted by Crippen LogP contribution is 2.53. The number of hydrogen-bond donors (Lipinski definition) is 2. The number of benzene rings is 2. The first-order valence-electron chi connectivity index (χ1n) is 12.8. The highest BCUT2D eigenvalue weighted by Gasteiger charge is 2.52. The molecule has 0 bridgehead atoms. The zero-order chi connectivity index (χ0) is 26.6. The molecule has 196 valence electrons. The average molecular weight is 518 g/mol. The van der Waals surface area contributed by atoms with Crippen molar-refractivity contribution in [3.63, 3.8) is 0 Å². The SMILES string of the molecule is O=C1CCC(N2C(=O)c3ccc(OCCC4CC5(C4)CN(c4ccc(C(=O)O)cc4)C5)cc3C2=O)C(=O)N1. The van der Waals surface area contributed by atoms with Crippen molar-refractivity contribution in [2.45, 2.75) is 38.1 Å². The maximum absolute atomic E-state index is 13.0. The number of amides is 4. The molecule has 0 radical (unpaired) electrons. The van der Waals surface area contributed by atoms with Gasteiger partial charge in [0.2, 0.25) is 11.8 Å². The molecule has 10 heteroatoms. The first kappa shape index (κ1) is 24.1. The summed E-state index contributed by atoms with van der Waals surface area (Å²) in [5, 5.41) is 11.2. The molecule has 1 aliphatic carbocycles. The van der Waals surface area contributed by atoms with E-state index in [1.54, 1.807) is 30.3 Å². The van der Waals surface area contributed by atoms with Crippen LogP contribution in [-0.2, 0) is 9.59 Å². The largest absolute Gasteiger partial charge is 0.494 e. The predicted molar refractivity (Wildman–Crippen MR) is 134 cm³/mol. The number of hydrogen-bond acceptors (Lipinski definition) is 7. The minimum Gasteiger partial charge on any atom is -0.494 e. The number of carbonyl (C=O) groups is 5. The van der Waals surface area contributed by atoms with Gasteiger partial charge in [0.15, 0.2) is 0 Å². The lowest BCUT2D eigenvalue weighted by atomic mass is 9.57. The summed E-state index contributed by atoms with van der Waals surface area (Å²) in [5.41, 5.74) is 2.12. The second kappa shape index (κ2) is 8.97. The van der Waals surface area contributed by atoms with Crippen molar-refractivity contribution in [1.82, 2.24) is 10.2 Å². The van der Waals surface area contributed by atoms with Crippen molar-refractivity contribution >= 4 is 35.3 Å². The van der Waals surface area contributed by atoms with Crippen molar-refractivity contribution in [1.29, 1.82) is 0 Å². The number of fused-ring (bicyclic) bond motifs is 1. The lowest BCUT2D eigenvalue weighted by Crippen LogP contribution is -2.62. The highest BCUT2D eigenvalue weighted by atomic mass is 16.5. The fourth-order valence-electron chi connectivity index (χ4n) is 6.27. The van der Waals surface area contributed by atoms with Gasteiger partial charge in [0.05, 0.1) is 23.3 Å². The van der Waals surface area contributed by atoms with Crippen LogP contribution in [0.15, 0.2) is 42.5 Å². The third-order valence-corrected chi connectivity index (χ3v) is 8.18. The van der Waals surface area contributed by atoms with Gasteiger partial charge in [0.1, 0.15) is 11.8 Å². The molecule has 2 aromatic rings. The first-order chi connectivity index (χ1) is 18.2. The van der Waals surface area contributed by atoms with E-state index in [9.17, 15) is 24.0 Å². The summed E-state index contributed by atoms with van der Waals surface area (Å²) in [6.45, 7) is 2.45. The maximum atomic E-state index is 13.0. The Bertz CT molecular complexity index is 1360. The van der Waals surface area contributed by atoms with Gasteiger partial charge >= 0.3 is 5.97 Å². The van der Waals surface area contributed by atoms with E-state index in [1.807, 2.05) is 12.1 Å². The van der Waals surface area contributed by atoms with Crippen LogP contribution in [0.2, 0.25) is 0 Å². The van der Waals surface area contributed by atoms with E-state index >= 15 is 0 Å². The van der Waals surface area contributed by atoms with Gasteiger partial charge in [-0.2, -0.15) is 0 Å². The minimum absolute atomic E-state index is 0.0819. The lowest BCUT2D eigenvalue weighted by molar-refractivity contribution is -0.136. The van der Waals surface area contributed by atoms with Crippen LogP contribution in [0.25, 0.3) is 0 Å². The van der Waals surface area contributed by atoms with Crippen LogP contribution in [-0.4, -0.2) is 65.3 Å². The number of ether oxygens (including phenoxy) is 1. The molecule has 10 nitrogen and oxygen atoms in total. The van der Waals surface area contributed by atoms with Crippen LogP contribution in [0.4, 0.5) is 5.69 Å². The Morgan fingerprint density at radius 3 is 2.39 bits per heavy atom. The molecule has 6 rings (SSSR count). The van der Waals surface area contributed by atoms with Crippen LogP contribution in [0, 0.1) is 11.3 Å². The van der Waals surface area contributed by atoms with Gasteiger partial charge in [0.25, 0.3) is 11.8 Å². The van der Waals surface area contributed by atoms with Crippen LogP contribution in [0.1, 0.15) is 63.2 Å². The molecule has 1 saturated carbocycles. The number of imide groups is 2. The Hall–Kier alpha value is -4.21. The number of carboxylic acids is 1. The quantitative estimate of drug-likeness (QED) is 0.535. The topological polar surface area (TPSA) is 133 Å². The number of nitrogens with zero attached hydrogens (tertiary/aromatic N) is 2. The summed E-state index contributed by atoms with van der Waals surface area (Å²) in [7, 11) is 0. The molecule has 1 unspecified atom stereocenters. The zero-order valence-corrected chi connectivity index (χ0v) is 20.6. The molecular weight excluding hydrogens is 490 g/mol. The second-order valence-corrected chi connectivity index (χ2v) is 10.8. The lowest BCUT2D eigenvalue weighted by Gasteiger charge is -2.60. The zero-order valence-electron chi connectivity index (χ0n) is 20.6. The molecule has 0 aromatic heterocycles. The summed E-state index contributed by atoms with van der Waals surface area (Å²) in [6.07, 6.45) is 3.34. The van der Waals surface area contributed by atoms with Gasteiger partial charge in [0, 0.05) is 30.6 Å². The van der Waals surface area contributed by atoms with Gasteiger partial charge in [-0.25, -0.2) is 4.79 Å². The smallest absolute Gasteiger partial charge is 0.335 e. The maximum Gasteiger partial charge on any atom is 0.335 e. The predicted octanol–water partition coefficient (Wildman–Crippen LogP) is 2.47. The molecule has 4 aliphatic rings. The fourth-order valence-corrected chi connectivity index (χ4v) is 6.27. The molecule has 4 amide bonds. The number of carboxylic acid groups (broad SMARTS) is 1. The standard InChI is InChI=1S/C28H27N3O7/c32-23-8-7-22(24(33)29-23)31-25(34)20-6-5-19(11-21(20)26(31)35)38-10-9-16-12-28(13-16)14-30(15-28)18-3-1-17(2-4-18)27(36)37/h1-6,11,16,22H,7-10,12-15H2,(H,36,37)(H,29,32,33). The van der Waals surface area contributed by atoms with Crippen LogP contribution < -0.4 is 15.0 Å².